The molecule has 0 radical (unpaired) electrons. The lowest BCUT2D eigenvalue weighted by Crippen LogP contribution is -2.40. The molecule has 2 aliphatic heterocycles. The van der Waals surface area contributed by atoms with Gasteiger partial charge in [-0.15, -0.1) is 12.4 Å². The maximum Gasteiger partial charge on any atom is 0.272 e. The van der Waals surface area contributed by atoms with Crippen LogP contribution in [0.15, 0.2) is 30.3 Å². The number of nitrogens with zero attached hydrogens (tertiary/aromatic N) is 4. The zero-order valence-electron chi connectivity index (χ0n) is 20.4. The Bertz CT molecular complexity index is 1200. The Kier molecular flexibility index (Phi) is 7.20. The predicted octanol–water partition coefficient (Wildman–Crippen LogP) is 4.50. The molecule has 0 aliphatic carbocycles. The zero-order valence-corrected chi connectivity index (χ0v) is 21.2. The molecule has 4 heterocycles. The summed E-state index contributed by atoms with van der Waals surface area (Å²) in [7, 11) is 0. The molecule has 0 atom stereocenters. The van der Waals surface area contributed by atoms with Crippen LogP contribution in [0, 0.1) is 19.8 Å². The molecule has 0 unspecified atom stereocenters. The molecule has 0 saturated carbocycles. The lowest BCUT2D eigenvalue weighted by Gasteiger charge is -2.32. The van der Waals surface area contributed by atoms with E-state index in [1.807, 2.05) is 11.0 Å². The van der Waals surface area contributed by atoms with Gasteiger partial charge in [0.25, 0.3) is 5.91 Å². The molecule has 1 aromatic carbocycles. The highest BCUT2D eigenvalue weighted by molar-refractivity contribution is 6.01. The zero-order chi connectivity index (χ0) is 23.1. The summed E-state index contributed by atoms with van der Waals surface area (Å²) in [5, 5.41) is 10.6. The van der Waals surface area contributed by atoms with Gasteiger partial charge in [0.2, 0.25) is 0 Å². The second-order valence-electron chi connectivity index (χ2n) is 9.54. The lowest BCUT2D eigenvalue weighted by molar-refractivity contribution is 0.0645. The van der Waals surface area contributed by atoms with Crippen LogP contribution in [0.5, 0.6) is 0 Å². The number of rotatable bonds is 4. The highest BCUT2D eigenvalue weighted by atomic mass is 35.5. The van der Waals surface area contributed by atoms with Crippen molar-refractivity contribution in [2.24, 2.45) is 5.92 Å². The number of aromatic nitrogens is 2. The first-order valence-corrected chi connectivity index (χ1v) is 12.2. The summed E-state index contributed by atoms with van der Waals surface area (Å²) in [5.41, 5.74) is 6.88. The van der Waals surface area contributed by atoms with Crippen molar-refractivity contribution in [3.63, 3.8) is 0 Å². The van der Waals surface area contributed by atoms with Crippen LogP contribution in [-0.2, 0) is 19.5 Å². The standard InChI is InChI=1S/C27H34N4O2.ClH/c1-4-31-19(3)18(2)23-15-24(27(33)29-12-9-20(17-32)10-13-29)28-26(25(23)31)30-14-11-21-7-5-6-8-22(21)16-30;/h5-8,15,20,32H,4,9-14,16-17H2,1-3H3;1H. The summed E-state index contributed by atoms with van der Waals surface area (Å²) in [6.45, 7) is 10.6. The van der Waals surface area contributed by atoms with Crippen LogP contribution in [0.4, 0.5) is 5.82 Å². The van der Waals surface area contributed by atoms with E-state index in [1.165, 1.54) is 22.4 Å². The highest BCUT2D eigenvalue weighted by Crippen LogP contribution is 2.35. The van der Waals surface area contributed by atoms with Crippen LogP contribution in [-0.4, -0.2) is 51.7 Å². The summed E-state index contributed by atoms with van der Waals surface area (Å²) in [5.74, 6) is 1.24. The van der Waals surface area contributed by atoms with Crippen LogP contribution in [0.2, 0.25) is 0 Å². The van der Waals surface area contributed by atoms with Crippen molar-refractivity contribution in [2.45, 2.75) is 53.1 Å². The van der Waals surface area contributed by atoms with E-state index in [9.17, 15) is 9.90 Å². The minimum atomic E-state index is 0. The van der Waals surface area contributed by atoms with Gasteiger partial charge < -0.3 is 19.5 Å². The molecule has 1 saturated heterocycles. The van der Waals surface area contributed by atoms with Gasteiger partial charge in [-0.3, -0.25) is 4.79 Å². The number of likely N-dealkylation sites (tertiary alicyclic amines) is 1. The number of aliphatic hydroxyl groups is 1. The summed E-state index contributed by atoms with van der Waals surface area (Å²) < 4.78 is 2.34. The van der Waals surface area contributed by atoms with Gasteiger partial charge >= 0.3 is 0 Å². The van der Waals surface area contributed by atoms with E-state index in [1.54, 1.807) is 0 Å². The maximum absolute atomic E-state index is 13.5. The van der Waals surface area contributed by atoms with Gasteiger partial charge in [0, 0.05) is 50.4 Å². The Morgan fingerprint density at radius 3 is 2.50 bits per heavy atom. The fourth-order valence-electron chi connectivity index (χ4n) is 5.52. The molecule has 5 rings (SSSR count). The van der Waals surface area contributed by atoms with E-state index in [2.05, 4.69) is 54.5 Å². The van der Waals surface area contributed by atoms with Crippen molar-refractivity contribution in [3.8, 4) is 0 Å². The Morgan fingerprint density at radius 2 is 1.82 bits per heavy atom. The molecule has 7 heteroatoms. The van der Waals surface area contributed by atoms with Crippen LogP contribution in [0.3, 0.4) is 0 Å². The Morgan fingerprint density at radius 1 is 1.12 bits per heavy atom. The fourth-order valence-corrected chi connectivity index (χ4v) is 5.52. The molecular weight excluding hydrogens is 448 g/mol. The van der Waals surface area contributed by atoms with Gasteiger partial charge in [0.15, 0.2) is 5.82 Å². The Labute approximate surface area is 208 Å². The number of hydrogen-bond donors (Lipinski definition) is 1. The number of carbonyl (C=O) groups excluding carboxylic acids is 1. The normalized spacial score (nSPS) is 16.5. The first kappa shape index (κ1) is 24.6. The number of hydrogen-bond acceptors (Lipinski definition) is 4. The average molecular weight is 483 g/mol. The monoisotopic (exact) mass is 482 g/mol. The van der Waals surface area contributed by atoms with Crippen LogP contribution in [0.25, 0.3) is 10.9 Å². The van der Waals surface area contributed by atoms with E-state index >= 15 is 0 Å². The molecule has 2 aromatic heterocycles. The Balaban J connectivity index is 0.00000274. The van der Waals surface area contributed by atoms with Gasteiger partial charge in [-0.2, -0.15) is 0 Å². The van der Waals surface area contributed by atoms with Crippen molar-refractivity contribution < 1.29 is 9.90 Å². The summed E-state index contributed by atoms with van der Waals surface area (Å²) in [6.07, 6.45) is 2.69. The fraction of sp³-hybridized carbons (Fsp3) is 0.481. The van der Waals surface area contributed by atoms with Crippen molar-refractivity contribution in [2.75, 3.05) is 31.1 Å². The van der Waals surface area contributed by atoms with Gasteiger partial charge in [-0.1, -0.05) is 24.3 Å². The molecule has 3 aromatic rings. The molecule has 1 amide bonds. The van der Waals surface area contributed by atoms with Gasteiger partial charge in [-0.05, 0) is 68.7 Å². The number of aliphatic hydroxyl groups excluding tert-OH is 1. The van der Waals surface area contributed by atoms with E-state index < -0.39 is 0 Å². The molecule has 0 spiro atoms. The quantitative estimate of drug-likeness (QED) is 0.594. The first-order chi connectivity index (χ1) is 16.0. The lowest BCUT2D eigenvalue weighted by atomic mass is 9.97. The number of fused-ring (bicyclic) bond motifs is 2. The maximum atomic E-state index is 13.5. The number of carbonyl (C=O) groups is 1. The van der Waals surface area contributed by atoms with Crippen molar-refractivity contribution >= 4 is 35.0 Å². The number of aryl methyl sites for hydroxylation is 2. The average Bonchev–Trinajstić information content (AvgIpc) is 3.12. The van der Waals surface area contributed by atoms with E-state index in [4.69, 9.17) is 4.98 Å². The number of benzene rings is 1. The molecule has 2 aliphatic rings. The Hall–Kier alpha value is -2.57. The number of pyridine rings is 1. The molecular formula is C27H35ClN4O2. The summed E-state index contributed by atoms with van der Waals surface area (Å²) in [4.78, 5) is 22.8. The molecule has 182 valence electrons. The van der Waals surface area contributed by atoms with Crippen molar-refractivity contribution in [1.29, 1.82) is 0 Å². The topological polar surface area (TPSA) is 61.6 Å². The first-order valence-electron chi connectivity index (χ1n) is 12.2. The molecule has 0 bridgehead atoms. The number of amides is 1. The summed E-state index contributed by atoms with van der Waals surface area (Å²) in [6, 6.07) is 10.6. The molecule has 6 nitrogen and oxygen atoms in total. The van der Waals surface area contributed by atoms with Gasteiger partial charge in [0.05, 0.1) is 5.52 Å². The number of anilines is 1. The van der Waals surface area contributed by atoms with Gasteiger partial charge in [0.1, 0.15) is 5.69 Å². The number of piperidine rings is 1. The molecule has 1 fully saturated rings. The second-order valence-corrected chi connectivity index (χ2v) is 9.54. The van der Waals surface area contributed by atoms with Crippen LogP contribution in [0.1, 0.15) is 52.6 Å². The minimum absolute atomic E-state index is 0. The SMILES string of the molecule is CCn1c(C)c(C)c2cc(C(=O)N3CCC(CO)CC3)nc(N3CCc4ccccc4C3)c21.Cl. The summed E-state index contributed by atoms with van der Waals surface area (Å²) >= 11 is 0. The van der Waals surface area contributed by atoms with E-state index in [0.717, 1.165) is 55.6 Å². The second kappa shape index (κ2) is 9.96. The predicted molar refractivity (Wildman–Crippen MR) is 139 cm³/mol. The smallest absolute Gasteiger partial charge is 0.272 e. The van der Waals surface area contributed by atoms with E-state index in [0.29, 0.717) is 24.7 Å². The third-order valence-electron chi connectivity index (χ3n) is 7.72. The van der Waals surface area contributed by atoms with Crippen LogP contribution < -0.4 is 4.90 Å². The third-order valence-corrected chi connectivity index (χ3v) is 7.72. The largest absolute Gasteiger partial charge is 0.396 e. The highest BCUT2D eigenvalue weighted by Gasteiger charge is 2.28. The van der Waals surface area contributed by atoms with Crippen molar-refractivity contribution in [1.82, 2.24) is 14.5 Å². The molecule has 1 N–H and O–H groups in total. The van der Waals surface area contributed by atoms with E-state index in [-0.39, 0.29) is 24.9 Å². The van der Waals surface area contributed by atoms with Gasteiger partial charge in [-0.25, -0.2) is 4.98 Å². The number of halogens is 1. The minimum Gasteiger partial charge on any atom is -0.396 e. The van der Waals surface area contributed by atoms with Crippen LogP contribution >= 0.6 is 12.4 Å². The van der Waals surface area contributed by atoms with Crippen molar-refractivity contribution in [3.05, 3.63) is 58.4 Å². The molecule has 34 heavy (non-hydrogen) atoms. The third kappa shape index (κ3) is 4.18.